The van der Waals surface area contributed by atoms with E-state index in [2.05, 4.69) is 9.97 Å². The number of hydrogen-bond donors (Lipinski definition) is 1. The number of aromatic nitrogens is 3. The van der Waals surface area contributed by atoms with Crippen LogP contribution in [0.25, 0.3) is 27.6 Å². The second-order valence-corrected chi connectivity index (χ2v) is 5.73. The summed E-state index contributed by atoms with van der Waals surface area (Å²) in [6.07, 6.45) is 0. The summed E-state index contributed by atoms with van der Waals surface area (Å²) in [5, 5.41) is 1.68. The van der Waals surface area contributed by atoms with Crippen molar-refractivity contribution in [1.29, 1.82) is 0 Å². The zero-order chi connectivity index (χ0) is 15.4. The standard InChI is InChI=1S/C15H7Cl2N3O2/c16-7-1-3-9-11(5-7)18-15-19-13(21)10-4-2-8(17)6-12(10)20(15)14(9)22/h1-6H,(H,18,19,21). The monoisotopic (exact) mass is 331 g/mol. The highest BCUT2D eigenvalue weighted by atomic mass is 35.5. The van der Waals surface area contributed by atoms with Crippen molar-refractivity contribution >= 4 is 50.8 Å². The number of rotatable bonds is 0. The van der Waals surface area contributed by atoms with Crippen molar-refractivity contribution in [2.24, 2.45) is 0 Å². The maximum Gasteiger partial charge on any atom is 0.267 e. The van der Waals surface area contributed by atoms with Crippen molar-refractivity contribution in [3.05, 3.63) is 67.2 Å². The largest absolute Gasteiger partial charge is 0.291 e. The van der Waals surface area contributed by atoms with Crippen molar-refractivity contribution in [2.75, 3.05) is 0 Å². The Labute approximate surface area is 132 Å². The zero-order valence-electron chi connectivity index (χ0n) is 10.9. The van der Waals surface area contributed by atoms with Gasteiger partial charge in [-0.2, -0.15) is 0 Å². The van der Waals surface area contributed by atoms with Gasteiger partial charge in [0.25, 0.3) is 11.1 Å². The Morgan fingerprint density at radius 2 is 1.64 bits per heavy atom. The van der Waals surface area contributed by atoms with Gasteiger partial charge in [0.05, 0.1) is 21.8 Å². The van der Waals surface area contributed by atoms with Crippen LogP contribution in [-0.2, 0) is 0 Å². The molecule has 0 bridgehead atoms. The third kappa shape index (κ3) is 1.83. The van der Waals surface area contributed by atoms with Crippen LogP contribution in [0.3, 0.4) is 0 Å². The molecule has 0 unspecified atom stereocenters. The summed E-state index contributed by atoms with van der Waals surface area (Å²) in [5.41, 5.74) is 0.218. The Morgan fingerprint density at radius 1 is 0.955 bits per heavy atom. The number of hydrogen-bond acceptors (Lipinski definition) is 3. The van der Waals surface area contributed by atoms with Crippen LogP contribution in [0.5, 0.6) is 0 Å². The van der Waals surface area contributed by atoms with Crippen LogP contribution in [0.2, 0.25) is 10.0 Å². The number of fused-ring (bicyclic) bond motifs is 4. The Kier molecular flexibility index (Phi) is 2.76. The van der Waals surface area contributed by atoms with Crippen LogP contribution in [0.1, 0.15) is 0 Å². The second kappa shape index (κ2) is 4.56. The van der Waals surface area contributed by atoms with E-state index in [4.69, 9.17) is 23.2 Å². The molecular formula is C15H7Cl2N3O2. The van der Waals surface area contributed by atoms with E-state index in [9.17, 15) is 9.59 Å². The summed E-state index contributed by atoms with van der Waals surface area (Å²) in [6, 6.07) is 9.57. The van der Waals surface area contributed by atoms with Crippen molar-refractivity contribution in [1.82, 2.24) is 14.4 Å². The van der Waals surface area contributed by atoms with E-state index in [1.54, 1.807) is 36.4 Å². The first-order valence-electron chi connectivity index (χ1n) is 6.38. The van der Waals surface area contributed by atoms with Gasteiger partial charge in [0.15, 0.2) is 0 Å². The summed E-state index contributed by atoms with van der Waals surface area (Å²) in [6.45, 7) is 0. The maximum atomic E-state index is 12.8. The molecule has 0 amide bonds. The van der Waals surface area contributed by atoms with Crippen molar-refractivity contribution in [3.8, 4) is 0 Å². The average molecular weight is 332 g/mol. The van der Waals surface area contributed by atoms with E-state index in [0.29, 0.717) is 31.9 Å². The summed E-state index contributed by atoms with van der Waals surface area (Å²) < 4.78 is 1.35. The summed E-state index contributed by atoms with van der Waals surface area (Å²) >= 11 is 11.9. The lowest BCUT2D eigenvalue weighted by molar-refractivity contribution is 1.05. The summed E-state index contributed by atoms with van der Waals surface area (Å²) in [4.78, 5) is 31.8. The van der Waals surface area contributed by atoms with Gasteiger partial charge in [0.1, 0.15) is 0 Å². The van der Waals surface area contributed by atoms with Gasteiger partial charge >= 0.3 is 0 Å². The van der Waals surface area contributed by atoms with Gasteiger partial charge in [-0.25, -0.2) is 9.38 Å². The molecule has 0 saturated heterocycles. The first-order valence-corrected chi connectivity index (χ1v) is 7.14. The highest BCUT2D eigenvalue weighted by Gasteiger charge is 2.11. The minimum absolute atomic E-state index is 0.152. The first kappa shape index (κ1) is 13.3. The highest BCUT2D eigenvalue weighted by Crippen LogP contribution is 2.19. The normalized spacial score (nSPS) is 11.5. The average Bonchev–Trinajstić information content (AvgIpc) is 2.46. The molecule has 0 atom stereocenters. The molecule has 0 saturated carbocycles. The smallest absolute Gasteiger partial charge is 0.267 e. The third-order valence-corrected chi connectivity index (χ3v) is 3.97. The lowest BCUT2D eigenvalue weighted by Crippen LogP contribution is -2.21. The number of nitrogens with one attached hydrogen (secondary N) is 1. The second-order valence-electron chi connectivity index (χ2n) is 4.85. The van der Waals surface area contributed by atoms with Gasteiger partial charge in [0.2, 0.25) is 5.78 Å². The minimum Gasteiger partial charge on any atom is -0.291 e. The van der Waals surface area contributed by atoms with Crippen LogP contribution in [0.4, 0.5) is 0 Å². The minimum atomic E-state index is -0.333. The number of benzene rings is 2. The number of H-pyrrole nitrogens is 1. The van der Waals surface area contributed by atoms with Gasteiger partial charge < -0.3 is 0 Å². The molecule has 2 aromatic carbocycles. The molecule has 7 heteroatoms. The van der Waals surface area contributed by atoms with E-state index >= 15 is 0 Å². The quantitative estimate of drug-likeness (QED) is 0.398. The van der Waals surface area contributed by atoms with E-state index in [1.807, 2.05) is 0 Å². The lowest BCUT2D eigenvalue weighted by Gasteiger charge is -2.07. The predicted molar refractivity (Wildman–Crippen MR) is 87.1 cm³/mol. The molecule has 0 aliphatic carbocycles. The lowest BCUT2D eigenvalue weighted by atomic mass is 10.2. The molecule has 0 aliphatic rings. The Balaban J connectivity index is 2.36. The maximum absolute atomic E-state index is 12.8. The van der Waals surface area contributed by atoms with Crippen LogP contribution < -0.4 is 11.1 Å². The first-order chi connectivity index (χ1) is 10.5. The SMILES string of the molecule is O=c1[nH]c2nc3cc(Cl)ccc3c(=O)n2c2cc(Cl)ccc12. The van der Waals surface area contributed by atoms with Gasteiger partial charge in [-0.1, -0.05) is 23.2 Å². The molecule has 4 aromatic rings. The van der Waals surface area contributed by atoms with Gasteiger partial charge in [0, 0.05) is 10.0 Å². The van der Waals surface area contributed by atoms with E-state index in [-0.39, 0.29) is 16.9 Å². The van der Waals surface area contributed by atoms with Crippen molar-refractivity contribution in [2.45, 2.75) is 0 Å². The molecule has 1 N–H and O–H groups in total. The third-order valence-electron chi connectivity index (χ3n) is 3.50. The van der Waals surface area contributed by atoms with E-state index in [0.717, 1.165) is 0 Å². The fourth-order valence-electron chi connectivity index (χ4n) is 2.52. The Hall–Kier alpha value is -2.37. The Bertz CT molecular complexity index is 1190. The summed E-state index contributed by atoms with van der Waals surface area (Å²) in [5.74, 6) is 0.152. The van der Waals surface area contributed by atoms with E-state index in [1.165, 1.54) is 4.40 Å². The van der Waals surface area contributed by atoms with E-state index < -0.39 is 0 Å². The van der Waals surface area contributed by atoms with Crippen LogP contribution in [-0.4, -0.2) is 14.4 Å². The van der Waals surface area contributed by atoms with Crippen molar-refractivity contribution < 1.29 is 0 Å². The van der Waals surface area contributed by atoms with Gasteiger partial charge in [-0.05, 0) is 36.4 Å². The molecule has 2 aromatic heterocycles. The fourth-order valence-corrected chi connectivity index (χ4v) is 2.85. The number of nitrogens with zero attached hydrogens (tertiary/aromatic N) is 2. The molecule has 5 nitrogen and oxygen atoms in total. The zero-order valence-corrected chi connectivity index (χ0v) is 12.4. The Morgan fingerprint density at radius 3 is 2.41 bits per heavy atom. The molecule has 0 aliphatic heterocycles. The predicted octanol–water partition coefficient (Wildman–Crippen LogP) is 3.00. The highest BCUT2D eigenvalue weighted by molar-refractivity contribution is 6.31. The fraction of sp³-hybridized carbons (Fsp3) is 0. The topological polar surface area (TPSA) is 67.2 Å². The van der Waals surface area contributed by atoms with Crippen LogP contribution >= 0.6 is 23.2 Å². The molecule has 108 valence electrons. The van der Waals surface area contributed by atoms with Gasteiger partial charge in [-0.3, -0.25) is 14.6 Å². The molecule has 0 radical (unpaired) electrons. The molecule has 22 heavy (non-hydrogen) atoms. The van der Waals surface area contributed by atoms with Crippen LogP contribution in [0, 0.1) is 0 Å². The molecule has 0 fully saturated rings. The molecular weight excluding hydrogens is 325 g/mol. The van der Waals surface area contributed by atoms with Crippen LogP contribution in [0.15, 0.2) is 46.0 Å². The number of aromatic amines is 1. The van der Waals surface area contributed by atoms with Crippen molar-refractivity contribution in [3.63, 3.8) is 0 Å². The van der Waals surface area contributed by atoms with Gasteiger partial charge in [-0.15, -0.1) is 0 Å². The molecule has 2 heterocycles. The summed E-state index contributed by atoms with van der Waals surface area (Å²) in [7, 11) is 0. The number of halogens is 2. The molecule has 0 spiro atoms. The molecule has 4 rings (SSSR count).